The van der Waals surface area contributed by atoms with Crippen LogP contribution in [-0.2, 0) is 5.54 Å². The second-order valence-electron chi connectivity index (χ2n) is 8.75. The minimum absolute atomic E-state index is 0.0673. The summed E-state index contributed by atoms with van der Waals surface area (Å²) in [6.07, 6.45) is 9.59. The number of terminal acetylenes is 1. The Balaban J connectivity index is 2.03. The van der Waals surface area contributed by atoms with Gasteiger partial charge in [-0.05, 0) is 75.4 Å². The van der Waals surface area contributed by atoms with Gasteiger partial charge in [-0.15, -0.1) is 6.42 Å². The maximum Gasteiger partial charge on any atom is 0.0699 e. The fraction of sp³-hybridized carbons (Fsp3) is 0.357. The first-order chi connectivity index (χ1) is 14.3. The van der Waals surface area contributed by atoms with Gasteiger partial charge in [0.1, 0.15) is 0 Å². The van der Waals surface area contributed by atoms with Crippen LogP contribution < -0.4 is 10.2 Å². The van der Waals surface area contributed by atoms with E-state index in [0.717, 1.165) is 35.5 Å². The molecule has 30 heavy (non-hydrogen) atoms. The molecular formula is C28H34N2. The van der Waals surface area contributed by atoms with E-state index in [9.17, 15) is 0 Å². The largest absolute Gasteiger partial charge is 0.379 e. The van der Waals surface area contributed by atoms with Crippen molar-refractivity contribution in [2.45, 2.75) is 51.5 Å². The van der Waals surface area contributed by atoms with Crippen LogP contribution in [-0.4, -0.2) is 13.1 Å². The average Bonchev–Trinajstić information content (AvgIpc) is 2.74. The van der Waals surface area contributed by atoms with E-state index in [1.54, 1.807) is 0 Å². The molecule has 0 unspecified atom stereocenters. The zero-order valence-corrected chi connectivity index (χ0v) is 18.7. The minimum atomic E-state index is -0.419. The molecule has 0 amide bonds. The summed E-state index contributed by atoms with van der Waals surface area (Å²) in [7, 11) is 0. The normalized spacial score (nSPS) is 16.8. The second kappa shape index (κ2) is 9.26. The maximum atomic E-state index is 5.69. The van der Waals surface area contributed by atoms with Gasteiger partial charge in [0, 0.05) is 36.0 Å². The van der Waals surface area contributed by atoms with E-state index in [1.165, 1.54) is 30.5 Å². The number of anilines is 1. The Kier molecular flexibility index (Phi) is 6.73. The van der Waals surface area contributed by atoms with E-state index in [1.807, 2.05) is 19.1 Å². The van der Waals surface area contributed by atoms with Gasteiger partial charge in [-0.2, -0.15) is 0 Å². The van der Waals surface area contributed by atoms with Gasteiger partial charge < -0.3 is 10.2 Å². The molecule has 3 rings (SSSR count). The molecule has 2 aromatic carbocycles. The van der Waals surface area contributed by atoms with Crippen molar-refractivity contribution in [3.63, 3.8) is 0 Å². The smallest absolute Gasteiger partial charge is 0.0699 e. The third kappa shape index (κ3) is 4.62. The highest BCUT2D eigenvalue weighted by Crippen LogP contribution is 2.42. The van der Waals surface area contributed by atoms with E-state index in [2.05, 4.69) is 79.5 Å². The van der Waals surface area contributed by atoms with Gasteiger partial charge in [-0.1, -0.05) is 48.9 Å². The summed E-state index contributed by atoms with van der Waals surface area (Å²) in [5.41, 5.74) is 6.16. The second-order valence-corrected chi connectivity index (χ2v) is 8.75. The first-order valence-electron chi connectivity index (χ1n) is 10.9. The fourth-order valence-corrected chi connectivity index (χ4v) is 4.83. The average molecular weight is 399 g/mol. The van der Waals surface area contributed by atoms with Crippen molar-refractivity contribution < 1.29 is 0 Å². The molecule has 0 bridgehead atoms. The van der Waals surface area contributed by atoms with Crippen LogP contribution in [0.4, 0.5) is 5.69 Å². The standard InChI is InChI=1S/C28H34N2/c1-7-23-12-11-13-25(20-23)28(6,29-22(4)5)27(21(2)3)24-14-16-26(17-15-24)30-18-9-8-10-19-30/h1,11-17,20,27,29H,2,4,8-10,18-19H2,3,5-6H3/t27-,28-/m1/s1. The van der Waals surface area contributed by atoms with Crippen LogP contribution in [0.2, 0.25) is 0 Å². The number of nitrogens with zero attached hydrogens (tertiary/aromatic N) is 1. The lowest BCUT2D eigenvalue weighted by Crippen LogP contribution is -2.44. The van der Waals surface area contributed by atoms with Gasteiger partial charge in [-0.25, -0.2) is 0 Å². The van der Waals surface area contributed by atoms with Gasteiger partial charge in [-0.3, -0.25) is 0 Å². The monoisotopic (exact) mass is 398 g/mol. The highest BCUT2D eigenvalue weighted by molar-refractivity contribution is 5.51. The van der Waals surface area contributed by atoms with Crippen molar-refractivity contribution in [2.75, 3.05) is 18.0 Å². The lowest BCUT2D eigenvalue weighted by Gasteiger charge is -2.41. The van der Waals surface area contributed by atoms with Crippen LogP contribution in [0, 0.1) is 12.3 Å². The van der Waals surface area contributed by atoms with Crippen LogP contribution in [0.3, 0.4) is 0 Å². The lowest BCUT2D eigenvalue weighted by atomic mass is 9.72. The van der Waals surface area contributed by atoms with Crippen molar-refractivity contribution in [2.24, 2.45) is 0 Å². The molecule has 2 heteroatoms. The summed E-state index contributed by atoms with van der Waals surface area (Å²) in [5.74, 6) is 2.83. The Bertz CT molecular complexity index is 941. The molecule has 1 aliphatic rings. The van der Waals surface area contributed by atoms with Crippen molar-refractivity contribution in [1.82, 2.24) is 5.32 Å². The van der Waals surface area contributed by atoms with E-state index in [4.69, 9.17) is 6.42 Å². The number of hydrogen-bond donors (Lipinski definition) is 1. The van der Waals surface area contributed by atoms with Crippen LogP contribution in [0.25, 0.3) is 0 Å². The molecule has 0 saturated carbocycles. The molecule has 0 radical (unpaired) electrons. The summed E-state index contributed by atoms with van der Waals surface area (Å²) in [5, 5.41) is 3.65. The molecule has 1 N–H and O–H groups in total. The first-order valence-corrected chi connectivity index (χ1v) is 10.9. The predicted molar refractivity (Wildman–Crippen MR) is 130 cm³/mol. The van der Waals surface area contributed by atoms with Crippen LogP contribution in [0.15, 0.2) is 73.0 Å². The van der Waals surface area contributed by atoms with Crippen molar-refractivity contribution in [3.05, 3.63) is 89.6 Å². The molecule has 1 saturated heterocycles. The summed E-state index contributed by atoms with van der Waals surface area (Å²) < 4.78 is 0. The number of allylic oxidation sites excluding steroid dienone is 1. The Morgan fingerprint density at radius 1 is 1.07 bits per heavy atom. The number of benzene rings is 2. The molecule has 1 aliphatic heterocycles. The topological polar surface area (TPSA) is 15.3 Å². The zero-order chi connectivity index (χ0) is 21.7. The van der Waals surface area contributed by atoms with Crippen molar-refractivity contribution >= 4 is 5.69 Å². The number of rotatable bonds is 7. The van der Waals surface area contributed by atoms with E-state index in [-0.39, 0.29) is 5.92 Å². The summed E-state index contributed by atoms with van der Waals surface area (Å²) in [4.78, 5) is 2.49. The van der Waals surface area contributed by atoms with Gasteiger partial charge in [0.2, 0.25) is 0 Å². The van der Waals surface area contributed by atoms with Gasteiger partial charge in [0.05, 0.1) is 5.54 Å². The van der Waals surface area contributed by atoms with Crippen molar-refractivity contribution in [3.8, 4) is 12.3 Å². The molecule has 1 heterocycles. The summed E-state index contributed by atoms with van der Waals surface area (Å²) in [6.45, 7) is 17.1. The molecule has 0 spiro atoms. The highest BCUT2D eigenvalue weighted by Gasteiger charge is 2.37. The van der Waals surface area contributed by atoms with Gasteiger partial charge >= 0.3 is 0 Å². The Morgan fingerprint density at radius 2 is 1.73 bits per heavy atom. The number of piperidine rings is 1. The molecule has 0 aromatic heterocycles. The van der Waals surface area contributed by atoms with Crippen LogP contribution in [0.5, 0.6) is 0 Å². The van der Waals surface area contributed by atoms with E-state index < -0.39 is 5.54 Å². The third-order valence-electron chi connectivity index (χ3n) is 6.12. The minimum Gasteiger partial charge on any atom is -0.379 e. The van der Waals surface area contributed by atoms with Gasteiger partial charge in [0.15, 0.2) is 0 Å². The van der Waals surface area contributed by atoms with E-state index in [0.29, 0.717) is 0 Å². The number of hydrogen-bond acceptors (Lipinski definition) is 2. The zero-order valence-electron chi connectivity index (χ0n) is 18.7. The summed E-state index contributed by atoms with van der Waals surface area (Å²) >= 11 is 0. The molecule has 2 atom stereocenters. The third-order valence-corrected chi connectivity index (χ3v) is 6.12. The van der Waals surface area contributed by atoms with Crippen molar-refractivity contribution in [1.29, 1.82) is 0 Å². The molecule has 1 fully saturated rings. The summed E-state index contributed by atoms with van der Waals surface area (Å²) in [6, 6.07) is 17.2. The molecule has 156 valence electrons. The fourth-order valence-electron chi connectivity index (χ4n) is 4.83. The lowest BCUT2D eigenvalue weighted by molar-refractivity contribution is 0.353. The maximum absolute atomic E-state index is 5.69. The molecule has 2 nitrogen and oxygen atoms in total. The molecule has 0 aliphatic carbocycles. The first kappa shape index (κ1) is 21.8. The highest BCUT2D eigenvalue weighted by atomic mass is 15.1. The predicted octanol–water partition coefficient (Wildman–Crippen LogP) is 6.36. The Hall–Kier alpha value is -2.92. The van der Waals surface area contributed by atoms with Crippen LogP contribution in [0.1, 0.15) is 62.6 Å². The van der Waals surface area contributed by atoms with Gasteiger partial charge in [0.25, 0.3) is 0 Å². The van der Waals surface area contributed by atoms with E-state index >= 15 is 0 Å². The SMILES string of the molecule is C#Cc1cccc([C@@](C)(NC(=C)C)[C@H](C(=C)C)c2ccc(N3CCCCC3)cc2)c1. The molecular weight excluding hydrogens is 364 g/mol. The Labute approximate surface area is 182 Å². The molecule has 2 aromatic rings. The Morgan fingerprint density at radius 3 is 2.30 bits per heavy atom. The number of nitrogens with one attached hydrogen (secondary N) is 1. The van der Waals surface area contributed by atoms with Crippen LogP contribution >= 0.6 is 0 Å². The quantitative estimate of drug-likeness (QED) is 0.431.